The number of carbonyl (C=O) groups is 2. The number of hydrogen-bond donors (Lipinski definition) is 0. The number of hydrogen-bond acceptors (Lipinski definition) is 5. The molecule has 2 amide bonds. The van der Waals surface area contributed by atoms with Crippen molar-refractivity contribution < 1.29 is 9.59 Å². The standard InChI is InChI=1S/C22H21N3O2S/c26-20-14-18(22(27)25(20)16-6-2-1-3-7-16)24-12-10-15(11-13-24)21-23-17-8-4-5-9-19(17)28-21/h1-9,15,18H,10-14H2/t18-/m0/s1. The van der Waals surface area contributed by atoms with E-state index in [1.165, 1.54) is 14.6 Å². The highest BCUT2D eigenvalue weighted by Crippen LogP contribution is 2.35. The van der Waals surface area contributed by atoms with Gasteiger partial charge in [-0.1, -0.05) is 30.3 Å². The average molecular weight is 391 g/mol. The van der Waals surface area contributed by atoms with Gasteiger partial charge in [0, 0.05) is 5.92 Å². The molecule has 0 radical (unpaired) electrons. The van der Waals surface area contributed by atoms with Crippen LogP contribution in [0.2, 0.25) is 0 Å². The predicted molar refractivity (Wildman–Crippen MR) is 111 cm³/mol. The largest absolute Gasteiger partial charge is 0.291 e. The minimum Gasteiger partial charge on any atom is -0.291 e. The number of amides is 2. The number of carbonyl (C=O) groups excluding carboxylic acids is 2. The number of thiazole rings is 1. The zero-order valence-corrected chi connectivity index (χ0v) is 16.3. The zero-order valence-electron chi connectivity index (χ0n) is 15.5. The molecule has 5 rings (SSSR count). The van der Waals surface area contributed by atoms with Gasteiger partial charge < -0.3 is 0 Å². The molecule has 2 aliphatic heterocycles. The van der Waals surface area contributed by atoms with Crippen molar-refractivity contribution in [2.45, 2.75) is 31.2 Å². The molecule has 3 heterocycles. The molecule has 6 heteroatoms. The molecule has 0 bridgehead atoms. The second kappa shape index (κ2) is 7.11. The van der Waals surface area contributed by atoms with E-state index in [2.05, 4.69) is 17.0 Å². The highest BCUT2D eigenvalue weighted by molar-refractivity contribution is 7.18. The predicted octanol–water partition coefficient (Wildman–Crippen LogP) is 3.81. The van der Waals surface area contributed by atoms with Crippen LogP contribution in [-0.2, 0) is 9.59 Å². The lowest BCUT2D eigenvalue weighted by Gasteiger charge is -2.34. The Morgan fingerprint density at radius 3 is 2.39 bits per heavy atom. The van der Waals surface area contributed by atoms with Crippen LogP contribution >= 0.6 is 11.3 Å². The van der Waals surface area contributed by atoms with E-state index in [-0.39, 0.29) is 24.3 Å². The SMILES string of the molecule is O=C1C[C@H](N2CCC(c3nc4ccccc4s3)CC2)C(=O)N1c1ccccc1. The molecule has 2 fully saturated rings. The van der Waals surface area contributed by atoms with E-state index in [0.29, 0.717) is 11.6 Å². The normalized spacial score (nSPS) is 21.7. The first-order valence-electron chi connectivity index (χ1n) is 9.72. The van der Waals surface area contributed by atoms with E-state index in [1.54, 1.807) is 11.3 Å². The first kappa shape index (κ1) is 17.5. The van der Waals surface area contributed by atoms with Crippen molar-refractivity contribution in [2.24, 2.45) is 0 Å². The smallest absolute Gasteiger partial charge is 0.251 e. The number of benzene rings is 2. The Bertz CT molecular complexity index is 991. The van der Waals surface area contributed by atoms with Crippen LogP contribution in [0.4, 0.5) is 5.69 Å². The van der Waals surface area contributed by atoms with Crippen molar-refractivity contribution >= 4 is 39.1 Å². The Labute approximate surface area is 167 Å². The molecule has 0 saturated carbocycles. The Morgan fingerprint density at radius 2 is 1.64 bits per heavy atom. The van der Waals surface area contributed by atoms with Gasteiger partial charge in [0.25, 0.3) is 5.91 Å². The fraction of sp³-hybridized carbons (Fsp3) is 0.318. The first-order valence-corrected chi connectivity index (χ1v) is 10.5. The highest BCUT2D eigenvalue weighted by Gasteiger charge is 2.43. The van der Waals surface area contributed by atoms with Gasteiger partial charge >= 0.3 is 0 Å². The summed E-state index contributed by atoms with van der Waals surface area (Å²) in [6, 6.07) is 17.2. The summed E-state index contributed by atoms with van der Waals surface area (Å²) in [7, 11) is 0. The third kappa shape index (κ3) is 3.02. The van der Waals surface area contributed by atoms with Gasteiger partial charge in [-0.3, -0.25) is 14.5 Å². The van der Waals surface area contributed by atoms with Gasteiger partial charge in [-0.05, 0) is 50.2 Å². The van der Waals surface area contributed by atoms with Crippen molar-refractivity contribution in [2.75, 3.05) is 18.0 Å². The van der Waals surface area contributed by atoms with Crippen molar-refractivity contribution in [3.63, 3.8) is 0 Å². The number of anilines is 1. The molecule has 1 aromatic heterocycles. The summed E-state index contributed by atoms with van der Waals surface area (Å²) in [6.07, 6.45) is 2.23. The third-order valence-corrected chi connectivity index (χ3v) is 6.97. The summed E-state index contributed by atoms with van der Waals surface area (Å²) >= 11 is 1.78. The molecule has 142 valence electrons. The molecule has 28 heavy (non-hydrogen) atoms. The minimum absolute atomic E-state index is 0.0883. The molecular formula is C22H21N3O2S. The van der Waals surface area contributed by atoms with Crippen LogP contribution in [0.3, 0.4) is 0 Å². The van der Waals surface area contributed by atoms with Crippen LogP contribution in [0.15, 0.2) is 54.6 Å². The number of para-hydroxylation sites is 2. The fourth-order valence-electron chi connectivity index (χ4n) is 4.27. The molecule has 0 unspecified atom stereocenters. The molecule has 3 aromatic rings. The Kier molecular flexibility index (Phi) is 4.45. The Morgan fingerprint density at radius 1 is 0.929 bits per heavy atom. The molecule has 2 aromatic carbocycles. The van der Waals surface area contributed by atoms with Crippen LogP contribution in [0.1, 0.15) is 30.2 Å². The van der Waals surface area contributed by atoms with E-state index >= 15 is 0 Å². The molecule has 5 nitrogen and oxygen atoms in total. The van der Waals surface area contributed by atoms with Crippen LogP contribution in [0.5, 0.6) is 0 Å². The van der Waals surface area contributed by atoms with Gasteiger partial charge in [-0.15, -0.1) is 11.3 Å². The second-order valence-electron chi connectivity index (χ2n) is 7.45. The van der Waals surface area contributed by atoms with Gasteiger partial charge in [0.05, 0.1) is 33.4 Å². The zero-order chi connectivity index (χ0) is 19.1. The van der Waals surface area contributed by atoms with Crippen LogP contribution in [0.25, 0.3) is 10.2 Å². The number of likely N-dealkylation sites (tertiary alicyclic amines) is 1. The number of piperidine rings is 1. The Balaban J connectivity index is 1.28. The van der Waals surface area contributed by atoms with Crippen molar-refractivity contribution in [1.29, 1.82) is 0 Å². The van der Waals surface area contributed by atoms with Crippen molar-refractivity contribution in [1.82, 2.24) is 9.88 Å². The minimum atomic E-state index is -0.330. The van der Waals surface area contributed by atoms with E-state index in [4.69, 9.17) is 4.98 Å². The van der Waals surface area contributed by atoms with Crippen molar-refractivity contribution in [3.8, 4) is 0 Å². The van der Waals surface area contributed by atoms with Gasteiger partial charge in [0.1, 0.15) is 0 Å². The number of rotatable bonds is 3. The molecule has 2 aliphatic rings. The summed E-state index contributed by atoms with van der Waals surface area (Å²) in [5.74, 6) is 0.246. The van der Waals surface area contributed by atoms with Crippen LogP contribution < -0.4 is 4.90 Å². The maximum absolute atomic E-state index is 12.9. The number of nitrogens with zero attached hydrogens (tertiary/aromatic N) is 3. The van der Waals surface area contributed by atoms with Crippen molar-refractivity contribution in [3.05, 3.63) is 59.6 Å². The molecular weight excluding hydrogens is 370 g/mol. The first-order chi connectivity index (χ1) is 13.7. The Hall–Kier alpha value is -2.57. The molecule has 2 saturated heterocycles. The lowest BCUT2D eigenvalue weighted by Crippen LogP contribution is -2.45. The summed E-state index contributed by atoms with van der Waals surface area (Å²) in [5.41, 5.74) is 1.74. The van der Waals surface area contributed by atoms with Gasteiger partial charge in [-0.25, -0.2) is 9.88 Å². The fourth-order valence-corrected chi connectivity index (χ4v) is 5.41. The monoisotopic (exact) mass is 391 g/mol. The number of fused-ring (bicyclic) bond motifs is 1. The maximum atomic E-state index is 12.9. The molecule has 0 N–H and O–H groups in total. The van der Waals surface area contributed by atoms with E-state index in [1.807, 2.05) is 42.5 Å². The lowest BCUT2D eigenvalue weighted by atomic mass is 9.96. The molecule has 1 atom stereocenters. The second-order valence-corrected chi connectivity index (χ2v) is 8.52. The number of aromatic nitrogens is 1. The van der Waals surface area contributed by atoms with E-state index in [9.17, 15) is 9.59 Å². The highest BCUT2D eigenvalue weighted by atomic mass is 32.1. The summed E-state index contributed by atoms with van der Waals surface area (Å²) in [4.78, 5) is 33.8. The van der Waals surface area contributed by atoms with E-state index in [0.717, 1.165) is 31.4 Å². The lowest BCUT2D eigenvalue weighted by molar-refractivity contribution is -0.123. The molecule has 0 spiro atoms. The topological polar surface area (TPSA) is 53.5 Å². The summed E-state index contributed by atoms with van der Waals surface area (Å²) in [5, 5.41) is 1.19. The van der Waals surface area contributed by atoms with E-state index < -0.39 is 0 Å². The van der Waals surface area contributed by atoms with Crippen LogP contribution in [0, 0.1) is 0 Å². The number of imide groups is 1. The summed E-state index contributed by atoms with van der Waals surface area (Å²) in [6.45, 7) is 1.65. The van der Waals surface area contributed by atoms with Gasteiger partial charge in [-0.2, -0.15) is 0 Å². The quantitative estimate of drug-likeness (QED) is 0.637. The van der Waals surface area contributed by atoms with Crippen LogP contribution in [-0.4, -0.2) is 40.8 Å². The average Bonchev–Trinajstić information content (AvgIpc) is 3.29. The third-order valence-electron chi connectivity index (χ3n) is 5.77. The maximum Gasteiger partial charge on any atom is 0.251 e. The van der Waals surface area contributed by atoms with Gasteiger partial charge in [0.2, 0.25) is 5.91 Å². The van der Waals surface area contributed by atoms with Gasteiger partial charge in [0.15, 0.2) is 0 Å². The molecule has 0 aliphatic carbocycles. The summed E-state index contributed by atoms with van der Waals surface area (Å²) < 4.78 is 1.23.